The van der Waals surface area contributed by atoms with Gasteiger partial charge >= 0.3 is 0 Å². The first kappa shape index (κ1) is 14.9. The van der Waals surface area contributed by atoms with Crippen molar-refractivity contribution in [3.8, 4) is 21.7 Å². The van der Waals surface area contributed by atoms with E-state index in [1.165, 1.54) is 11.3 Å². The van der Waals surface area contributed by atoms with Crippen LogP contribution in [0.4, 0.5) is 5.82 Å². The number of nitrogens with zero attached hydrogens (tertiary/aromatic N) is 1. The molecule has 3 aromatic heterocycles. The van der Waals surface area contributed by atoms with E-state index in [9.17, 15) is 4.79 Å². The number of aromatic nitrogens is 2. The Morgan fingerprint density at radius 1 is 1.00 bits per heavy atom. The van der Waals surface area contributed by atoms with Gasteiger partial charge in [-0.3, -0.25) is 9.89 Å². The molecule has 3 heterocycles. The largest absolute Gasteiger partial charge is 0.304 e. The van der Waals surface area contributed by atoms with Gasteiger partial charge in [0.1, 0.15) is 4.88 Å². The number of rotatable bonds is 4. The lowest BCUT2D eigenvalue weighted by molar-refractivity contribution is 0.103. The number of hydrogen-bond acceptors (Lipinski definition) is 4. The molecule has 0 saturated carbocycles. The van der Waals surface area contributed by atoms with E-state index >= 15 is 0 Å². The van der Waals surface area contributed by atoms with Crippen LogP contribution in [0.15, 0.2) is 65.4 Å². The molecular weight excluding hydrogens is 338 g/mol. The molecule has 24 heavy (non-hydrogen) atoms. The summed E-state index contributed by atoms with van der Waals surface area (Å²) in [5.74, 6) is 0.379. The minimum atomic E-state index is -0.145. The predicted octanol–water partition coefficient (Wildman–Crippen LogP) is 5.12. The van der Waals surface area contributed by atoms with Crippen LogP contribution in [0.3, 0.4) is 0 Å². The van der Waals surface area contributed by atoms with Crippen LogP contribution in [0, 0.1) is 0 Å². The van der Waals surface area contributed by atoms with Crippen LogP contribution >= 0.6 is 22.7 Å². The second kappa shape index (κ2) is 6.43. The van der Waals surface area contributed by atoms with E-state index in [1.807, 2.05) is 65.4 Å². The summed E-state index contributed by atoms with van der Waals surface area (Å²) in [7, 11) is 0. The van der Waals surface area contributed by atoms with Crippen molar-refractivity contribution in [2.75, 3.05) is 5.32 Å². The molecule has 0 aliphatic carbocycles. The van der Waals surface area contributed by atoms with E-state index in [1.54, 1.807) is 11.3 Å². The van der Waals surface area contributed by atoms with Crippen molar-refractivity contribution in [2.45, 2.75) is 0 Å². The minimum Gasteiger partial charge on any atom is -0.304 e. The molecule has 4 aromatic rings. The lowest BCUT2D eigenvalue weighted by Gasteiger charge is -2.04. The van der Waals surface area contributed by atoms with Gasteiger partial charge in [-0.1, -0.05) is 36.4 Å². The van der Waals surface area contributed by atoms with Gasteiger partial charge < -0.3 is 5.32 Å². The van der Waals surface area contributed by atoms with Crippen molar-refractivity contribution in [2.24, 2.45) is 0 Å². The number of nitrogens with one attached hydrogen (secondary N) is 2. The Morgan fingerprint density at radius 2 is 1.88 bits per heavy atom. The summed E-state index contributed by atoms with van der Waals surface area (Å²) in [4.78, 5) is 14.4. The molecule has 0 bridgehead atoms. The summed E-state index contributed by atoms with van der Waals surface area (Å²) >= 11 is 3.05. The van der Waals surface area contributed by atoms with Gasteiger partial charge in [0.05, 0.1) is 10.6 Å². The summed E-state index contributed by atoms with van der Waals surface area (Å²) in [5, 5.41) is 13.9. The first-order valence-corrected chi connectivity index (χ1v) is 9.11. The summed E-state index contributed by atoms with van der Waals surface area (Å²) in [6, 6.07) is 17.7. The maximum absolute atomic E-state index is 12.6. The summed E-state index contributed by atoms with van der Waals surface area (Å²) in [6.45, 7) is 0. The van der Waals surface area contributed by atoms with E-state index in [2.05, 4.69) is 15.5 Å². The monoisotopic (exact) mass is 351 g/mol. The van der Waals surface area contributed by atoms with Crippen LogP contribution in [-0.4, -0.2) is 16.1 Å². The fraction of sp³-hybridized carbons (Fsp3) is 0. The smallest absolute Gasteiger partial charge is 0.267 e. The van der Waals surface area contributed by atoms with Crippen LogP contribution < -0.4 is 5.32 Å². The highest BCUT2D eigenvalue weighted by atomic mass is 32.1. The van der Waals surface area contributed by atoms with Crippen molar-refractivity contribution in [1.29, 1.82) is 0 Å². The van der Waals surface area contributed by atoms with Gasteiger partial charge in [-0.05, 0) is 28.5 Å². The molecule has 0 aliphatic heterocycles. The number of aromatic amines is 1. The second-order valence-electron chi connectivity index (χ2n) is 5.13. The molecule has 2 N–H and O–H groups in total. The zero-order valence-corrected chi connectivity index (χ0v) is 14.2. The molecule has 1 aromatic carbocycles. The Labute approximate surface area is 146 Å². The molecule has 0 unspecified atom stereocenters. The average Bonchev–Trinajstić information content (AvgIpc) is 3.36. The van der Waals surface area contributed by atoms with Gasteiger partial charge in [0.15, 0.2) is 5.82 Å². The Kier molecular flexibility index (Phi) is 3.98. The van der Waals surface area contributed by atoms with E-state index in [4.69, 9.17) is 0 Å². The lowest BCUT2D eigenvalue weighted by atomic mass is 10.1. The van der Waals surface area contributed by atoms with Crippen LogP contribution in [0.5, 0.6) is 0 Å². The first-order chi connectivity index (χ1) is 11.8. The van der Waals surface area contributed by atoms with Crippen molar-refractivity contribution in [3.05, 3.63) is 70.2 Å². The molecule has 0 spiro atoms. The highest BCUT2D eigenvalue weighted by Gasteiger charge is 2.16. The fourth-order valence-electron chi connectivity index (χ4n) is 2.45. The fourth-order valence-corrected chi connectivity index (χ4v) is 3.95. The van der Waals surface area contributed by atoms with Crippen molar-refractivity contribution >= 4 is 34.4 Å². The number of carbonyl (C=O) groups excluding carboxylic acids is 1. The number of thiophene rings is 2. The van der Waals surface area contributed by atoms with Crippen molar-refractivity contribution in [1.82, 2.24) is 10.2 Å². The standard InChI is InChI=1S/C18H13N3OS2/c22-18(17-13(8-10-24-17)12-5-2-1-3-6-12)19-16-11-14(20-21-16)15-7-4-9-23-15/h1-11H,(H2,19,20,21,22). The molecule has 0 radical (unpaired) electrons. The molecular formula is C18H13N3OS2. The van der Waals surface area contributed by atoms with E-state index in [0.29, 0.717) is 10.7 Å². The van der Waals surface area contributed by atoms with E-state index in [-0.39, 0.29) is 5.91 Å². The molecule has 4 rings (SSSR count). The third kappa shape index (κ3) is 2.89. The Morgan fingerprint density at radius 3 is 2.67 bits per heavy atom. The average molecular weight is 351 g/mol. The van der Waals surface area contributed by atoms with Gasteiger partial charge in [0, 0.05) is 11.6 Å². The number of carbonyl (C=O) groups is 1. The third-order valence-electron chi connectivity index (χ3n) is 3.56. The maximum Gasteiger partial charge on any atom is 0.267 e. The molecule has 4 nitrogen and oxygen atoms in total. The molecule has 6 heteroatoms. The van der Waals surface area contributed by atoms with Gasteiger partial charge in [-0.25, -0.2) is 0 Å². The van der Waals surface area contributed by atoms with Gasteiger partial charge in [-0.2, -0.15) is 5.10 Å². The number of amides is 1. The third-order valence-corrected chi connectivity index (χ3v) is 5.38. The normalized spacial score (nSPS) is 10.7. The molecule has 0 aliphatic rings. The van der Waals surface area contributed by atoms with Crippen molar-refractivity contribution in [3.63, 3.8) is 0 Å². The highest BCUT2D eigenvalue weighted by Crippen LogP contribution is 2.29. The zero-order chi connectivity index (χ0) is 16.4. The van der Waals surface area contributed by atoms with Crippen molar-refractivity contribution < 1.29 is 4.79 Å². The Bertz CT molecular complexity index is 955. The SMILES string of the molecule is O=C(Nc1cc(-c2cccs2)[nH]n1)c1sccc1-c1ccccc1. The second-order valence-corrected chi connectivity index (χ2v) is 6.99. The molecule has 0 saturated heterocycles. The zero-order valence-electron chi connectivity index (χ0n) is 12.5. The topological polar surface area (TPSA) is 57.8 Å². The maximum atomic E-state index is 12.6. The number of benzene rings is 1. The predicted molar refractivity (Wildman–Crippen MR) is 99.6 cm³/mol. The van der Waals surface area contributed by atoms with Gasteiger partial charge in [-0.15, -0.1) is 22.7 Å². The Balaban J connectivity index is 1.57. The quantitative estimate of drug-likeness (QED) is 0.536. The lowest BCUT2D eigenvalue weighted by Crippen LogP contribution is -2.11. The number of hydrogen-bond donors (Lipinski definition) is 2. The van der Waals surface area contributed by atoms with Crippen LogP contribution in [0.25, 0.3) is 21.7 Å². The summed E-state index contributed by atoms with van der Waals surface area (Å²) < 4.78 is 0. The van der Waals surface area contributed by atoms with E-state index in [0.717, 1.165) is 21.7 Å². The number of H-pyrrole nitrogens is 1. The number of anilines is 1. The molecule has 0 atom stereocenters. The summed E-state index contributed by atoms with van der Waals surface area (Å²) in [5.41, 5.74) is 2.87. The molecule has 118 valence electrons. The van der Waals surface area contributed by atoms with Crippen LogP contribution in [-0.2, 0) is 0 Å². The van der Waals surface area contributed by atoms with Crippen LogP contribution in [0.1, 0.15) is 9.67 Å². The van der Waals surface area contributed by atoms with Gasteiger partial charge in [0.25, 0.3) is 5.91 Å². The summed E-state index contributed by atoms with van der Waals surface area (Å²) in [6.07, 6.45) is 0. The first-order valence-electron chi connectivity index (χ1n) is 7.35. The van der Waals surface area contributed by atoms with Gasteiger partial charge in [0.2, 0.25) is 0 Å². The molecule has 0 fully saturated rings. The highest BCUT2D eigenvalue weighted by molar-refractivity contribution is 7.13. The Hall–Kier alpha value is -2.70. The molecule has 1 amide bonds. The van der Waals surface area contributed by atoms with Crippen LogP contribution in [0.2, 0.25) is 0 Å². The minimum absolute atomic E-state index is 0.145. The van der Waals surface area contributed by atoms with E-state index < -0.39 is 0 Å².